The topological polar surface area (TPSA) is 82.3 Å². The predicted molar refractivity (Wildman–Crippen MR) is 63.9 cm³/mol. The molecule has 19 heavy (non-hydrogen) atoms. The van der Waals surface area contributed by atoms with Crippen LogP contribution in [0.2, 0.25) is 0 Å². The molecule has 0 aliphatic heterocycles. The van der Waals surface area contributed by atoms with Gasteiger partial charge in [0.2, 0.25) is 5.69 Å². The van der Waals surface area contributed by atoms with Crippen molar-refractivity contribution >= 4 is 27.7 Å². The fourth-order valence-corrected chi connectivity index (χ4v) is 1.87. The lowest BCUT2D eigenvalue weighted by Gasteiger charge is -2.06. The van der Waals surface area contributed by atoms with Crippen LogP contribution in [0.3, 0.4) is 0 Å². The zero-order valence-electron chi connectivity index (χ0n) is 9.73. The molecule has 0 aromatic carbocycles. The maximum absolute atomic E-state index is 12.8. The van der Waals surface area contributed by atoms with Gasteiger partial charge in [-0.25, -0.2) is 8.78 Å². The molecule has 6 nitrogen and oxygen atoms in total. The molecule has 0 N–H and O–H groups in total. The highest BCUT2D eigenvalue weighted by molar-refractivity contribution is 9.10. The van der Waals surface area contributed by atoms with Crippen LogP contribution in [0.1, 0.15) is 24.6 Å². The molecule has 1 aromatic rings. The van der Waals surface area contributed by atoms with Gasteiger partial charge >= 0.3 is 18.2 Å². The van der Waals surface area contributed by atoms with E-state index in [0.717, 1.165) is 6.07 Å². The van der Waals surface area contributed by atoms with Crippen LogP contribution in [0.5, 0.6) is 0 Å². The van der Waals surface area contributed by atoms with E-state index in [1.54, 1.807) is 6.92 Å². The monoisotopic (exact) mass is 338 g/mol. The Labute approximate surface area is 115 Å². The molecule has 0 saturated carbocycles. The second-order valence-corrected chi connectivity index (χ2v) is 4.23. The quantitative estimate of drug-likeness (QED) is 0.468. The van der Waals surface area contributed by atoms with Crippen molar-refractivity contribution in [3.8, 4) is 0 Å². The Kier molecular flexibility index (Phi) is 5.28. The van der Waals surface area contributed by atoms with Gasteiger partial charge in [-0.1, -0.05) is 0 Å². The molecule has 0 saturated heterocycles. The van der Waals surface area contributed by atoms with Gasteiger partial charge in [0.15, 0.2) is 0 Å². The molecule has 1 rings (SSSR count). The van der Waals surface area contributed by atoms with Gasteiger partial charge in [0, 0.05) is 5.56 Å². The number of hydrogen-bond donors (Lipinski definition) is 0. The summed E-state index contributed by atoms with van der Waals surface area (Å²) >= 11 is 2.86. The van der Waals surface area contributed by atoms with Crippen LogP contribution >= 0.6 is 15.9 Å². The Hall–Kier alpha value is -1.64. The highest BCUT2D eigenvalue weighted by atomic mass is 79.9. The summed E-state index contributed by atoms with van der Waals surface area (Å²) in [5.74, 6) is -1.42. The zero-order chi connectivity index (χ0) is 14.6. The maximum Gasteiger partial charge on any atom is 0.378 e. The summed E-state index contributed by atoms with van der Waals surface area (Å²) in [6, 6.07) is 1.09. The number of hydrogen-bond acceptors (Lipinski definition) is 5. The molecule has 0 spiro atoms. The number of alkyl halides is 2. The number of nitrogens with zero attached hydrogens (tertiary/aromatic N) is 2. The number of halogens is 3. The molecule has 104 valence electrons. The third-order valence-corrected chi connectivity index (χ3v) is 2.67. The molecule has 0 bridgehead atoms. The van der Waals surface area contributed by atoms with E-state index >= 15 is 0 Å². The van der Waals surface area contributed by atoms with E-state index in [4.69, 9.17) is 0 Å². The summed E-state index contributed by atoms with van der Waals surface area (Å²) in [6.07, 6.45) is -3.44. The number of pyridine rings is 1. The maximum atomic E-state index is 12.8. The Morgan fingerprint density at radius 1 is 1.63 bits per heavy atom. The minimum atomic E-state index is -3.02. The Bertz CT molecular complexity index is 511. The van der Waals surface area contributed by atoms with Gasteiger partial charge in [0.1, 0.15) is 4.47 Å². The van der Waals surface area contributed by atoms with Crippen molar-refractivity contribution in [3.05, 3.63) is 31.9 Å². The van der Waals surface area contributed by atoms with Crippen LogP contribution in [0, 0.1) is 10.1 Å². The largest absolute Gasteiger partial charge is 0.466 e. The molecule has 0 fully saturated rings. The van der Waals surface area contributed by atoms with E-state index in [2.05, 4.69) is 25.7 Å². The second kappa shape index (κ2) is 6.50. The van der Waals surface area contributed by atoms with E-state index in [1.165, 1.54) is 0 Å². The summed E-state index contributed by atoms with van der Waals surface area (Å²) < 4.78 is 30.1. The van der Waals surface area contributed by atoms with E-state index in [9.17, 15) is 23.7 Å². The highest BCUT2D eigenvalue weighted by Gasteiger charge is 2.27. The van der Waals surface area contributed by atoms with Crippen molar-refractivity contribution in [1.82, 2.24) is 4.98 Å². The summed E-state index contributed by atoms with van der Waals surface area (Å²) in [7, 11) is 0. The van der Waals surface area contributed by atoms with E-state index in [1.807, 2.05) is 0 Å². The summed E-state index contributed by atoms with van der Waals surface area (Å²) in [5, 5.41) is 10.6. The average molecular weight is 339 g/mol. The van der Waals surface area contributed by atoms with Gasteiger partial charge in [-0.2, -0.15) is 0 Å². The molecule has 9 heteroatoms. The third-order valence-electron chi connectivity index (χ3n) is 2.09. The van der Waals surface area contributed by atoms with Crippen LogP contribution in [0.4, 0.5) is 14.6 Å². The summed E-state index contributed by atoms with van der Waals surface area (Å²) in [4.78, 5) is 24.3. The van der Waals surface area contributed by atoms with Crippen molar-refractivity contribution in [2.24, 2.45) is 0 Å². The normalized spacial score (nSPS) is 10.6. The average Bonchev–Trinajstić information content (AvgIpc) is 2.28. The Morgan fingerprint density at radius 2 is 2.26 bits per heavy atom. The predicted octanol–water partition coefficient (Wildman–Crippen LogP) is 2.80. The second-order valence-electron chi connectivity index (χ2n) is 3.38. The lowest BCUT2D eigenvalue weighted by Crippen LogP contribution is -2.11. The van der Waals surface area contributed by atoms with Crippen molar-refractivity contribution in [2.75, 3.05) is 6.61 Å². The molecular weight excluding hydrogens is 330 g/mol. The lowest BCUT2D eigenvalue weighted by molar-refractivity contribution is -0.390. The first-order chi connectivity index (χ1) is 8.86. The summed E-state index contributed by atoms with van der Waals surface area (Å²) in [6.45, 7) is 1.69. The fraction of sp³-hybridized carbons (Fsp3) is 0.400. The van der Waals surface area contributed by atoms with Crippen molar-refractivity contribution < 1.29 is 23.2 Å². The first-order valence-electron chi connectivity index (χ1n) is 5.14. The Morgan fingerprint density at radius 3 is 2.74 bits per heavy atom. The number of ether oxygens (including phenoxy) is 1. The molecule has 0 aliphatic carbocycles. The van der Waals surface area contributed by atoms with E-state index in [0.29, 0.717) is 0 Å². The van der Waals surface area contributed by atoms with E-state index < -0.39 is 35.3 Å². The van der Waals surface area contributed by atoms with E-state index in [-0.39, 0.29) is 16.6 Å². The minimum Gasteiger partial charge on any atom is -0.466 e. The standard InChI is InChI=1S/C10H9BrF2N2O4/c1-2-19-7(16)4-5-3-6(11)10(15(17)18)14-8(5)9(12)13/h3,9H,2,4H2,1H3. The molecule has 1 aromatic heterocycles. The number of aromatic nitrogens is 1. The van der Waals surface area contributed by atoms with Crippen molar-refractivity contribution in [3.63, 3.8) is 0 Å². The van der Waals surface area contributed by atoms with Gasteiger partial charge in [-0.15, -0.1) is 0 Å². The summed E-state index contributed by atoms with van der Waals surface area (Å²) in [5.41, 5.74) is -0.895. The molecule has 0 atom stereocenters. The lowest BCUT2D eigenvalue weighted by atomic mass is 10.1. The van der Waals surface area contributed by atoms with Crippen LogP contribution in [-0.4, -0.2) is 22.5 Å². The van der Waals surface area contributed by atoms with Gasteiger partial charge in [-0.3, -0.25) is 4.79 Å². The number of esters is 1. The fourth-order valence-electron chi connectivity index (χ4n) is 1.36. The molecule has 0 amide bonds. The Balaban J connectivity index is 3.19. The number of rotatable bonds is 5. The SMILES string of the molecule is CCOC(=O)Cc1cc(Br)c([N+](=O)[O-])nc1C(F)F. The van der Waals surface area contributed by atoms with Gasteiger partial charge < -0.3 is 14.9 Å². The molecule has 1 heterocycles. The van der Waals surface area contributed by atoms with Crippen molar-refractivity contribution in [1.29, 1.82) is 0 Å². The highest BCUT2D eigenvalue weighted by Crippen LogP contribution is 2.30. The van der Waals surface area contributed by atoms with Crippen LogP contribution in [-0.2, 0) is 16.0 Å². The third kappa shape index (κ3) is 3.91. The first-order valence-corrected chi connectivity index (χ1v) is 5.93. The van der Waals surface area contributed by atoms with Crippen LogP contribution in [0.15, 0.2) is 10.5 Å². The molecule has 0 aliphatic rings. The first kappa shape index (κ1) is 15.4. The smallest absolute Gasteiger partial charge is 0.378 e. The molecular formula is C10H9BrF2N2O4. The van der Waals surface area contributed by atoms with Gasteiger partial charge in [-0.05, 0) is 38.8 Å². The zero-order valence-corrected chi connectivity index (χ0v) is 11.3. The van der Waals surface area contributed by atoms with Crippen molar-refractivity contribution in [2.45, 2.75) is 19.8 Å². The minimum absolute atomic E-state index is 0.0683. The van der Waals surface area contributed by atoms with Gasteiger partial charge in [0.25, 0.3) is 0 Å². The number of nitro groups is 1. The molecule has 0 radical (unpaired) electrons. The number of carbonyl (C=O) groups excluding carboxylic acids is 1. The van der Waals surface area contributed by atoms with Crippen LogP contribution < -0.4 is 0 Å². The van der Waals surface area contributed by atoms with Crippen LogP contribution in [0.25, 0.3) is 0 Å². The van der Waals surface area contributed by atoms with Gasteiger partial charge in [0.05, 0.1) is 13.0 Å². The molecule has 0 unspecified atom stereocenters. The number of carbonyl (C=O) groups is 1.